The smallest absolute Gasteiger partial charge is 0.236 e. The highest BCUT2D eigenvalue weighted by Crippen LogP contribution is 2.27. The van der Waals surface area contributed by atoms with E-state index in [2.05, 4.69) is 15.5 Å². The zero-order valence-corrected chi connectivity index (χ0v) is 16.8. The van der Waals surface area contributed by atoms with Crippen LogP contribution in [0.2, 0.25) is 0 Å². The number of hydrogen-bond donors (Lipinski definition) is 0. The van der Waals surface area contributed by atoms with E-state index in [1.807, 2.05) is 71.6 Å². The summed E-state index contributed by atoms with van der Waals surface area (Å²) in [7, 11) is 0. The number of thioether (sulfide) groups is 1. The van der Waals surface area contributed by atoms with Crippen LogP contribution in [0, 0.1) is 13.8 Å². The summed E-state index contributed by atoms with van der Waals surface area (Å²) in [5.74, 6) is 0.103. The molecule has 0 radical (unpaired) electrons. The van der Waals surface area contributed by atoms with Crippen molar-refractivity contribution in [3.8, 4) is 5.69 Å². The van der Waals surface area contributed by atoms with Crippen LogP contribution in [0.1, 0.15) is 45.7 Å². The van der Waals surface area contributed by atoms with Crippen LogP contribution in [0.4, 0.5) is 0 Å². The molecule has 0 N–H and O–H groups in total. The lowest BCUT2D eigenvalue weighted by Gasteiger charge is -2.32. The van der Waals surface area contributed by atoms with Crippen molar-refractivity contribution >= 4 is 17.7 Å². The summed E-state index contributed by atoms with van der Waals surface area (Å²) in [6, 6.07) is 6.40. The number of hydrogen-bond acceptors (Lipinski definition) is 5. The van der Waals surface area contributed by atoms with Gasteiger partial charge in [-0.05, 0) is 70.0 Å². The van der Waals surface area contributed by atoms with Crippen molar-refractivity contribution in [2.45, 2.75) is 71.0 Å². The average Bonchev–Trinajstić information content (AvgIpc) is 2.94. The fraction of sp³-hybridized carbons (Fsp3) is 0.556. The Morgan fingerprint density at radius 3 is 2.16 bits per heavy atom. The van der Waals surface area contributed by atoms with Gasteiger partial charge in [-0.2, -0.15) is 4.68 Å². The maximum absolute atomic E-state index is 12.9. The van der Waals surface area contributed by atoms with E-state index >= 15 is 0 Å². The fourth-order valence-electron chi connectivity index (χ4n) is 3.06. The van der Waals surface area contributed by atoms with Gasteiger partial charge in [-0.25, -0.2) is 0 Å². The van der Waals surface area contributed by atoms with Crippen molar-refractivity contribution in [1.82, 2.24) is 25.1 Å². The fourth-order valence-corrected chi connectivity index (χ4v) is 3.91. The van der Waals surface area contributed by atoms with E-state index in [-0.39, 0.29) is 23.2 Å². The molecule has 0 fully saturated rings. The number of para-hydroxylation sites is 1. The summed E-state index contributed by atoms with van der Waals surface area (Å²) in [5.41, 5.74) is 3.16. The minimum absolute atomic E-state index is 0.103. The maximum Gasteiger partial charge on any atom is 0.236 e. The lowest BCUT2D eigenvalue weighted by molar-refractivity contribution is -0.133. The first-order valence-electron chi connectivity index (χ1n) is 8.57. The molecule has 0 aliphatic rings. The van der Waals surface area contributed by atoms with Gasteiger partial charge in [0.2, 0.25) is 11.1 Å². The van der Waals surface area contributed by atoms with Crippen LogP contribution in [0.25, 0.3) is 5.69 Å². The topological polar surface area (TPSA) is 63.9 Å². The zero-order chi connectivity index (χ0) is 18.7. The van der Waals surface area contributed by atoms with E-state index in [1.54, 1.807) is 4.68 Å². The Bertz CT molecular complexity index is 713. The molecule has 1 atom stereocenters. The van der Waals surface area contributed by atoms with E-state index in [4.69, 9.17) is 0 Å². The number of nitrogens with zero attached hydrogens (tertiary/aromatic N) is 5. The molecule has 25 heavy (non-hydrogen) atoms. The number of rotatable bonds is 6. The van der Waals surface area contributed by atoms with Crippen LogP contribution in [0.5, 0.6) is 0 Å². The molecule has 6 nitrogen and oxygen atoms in total. The molecular weight excluding hydrogens is 334 g/mol. The minimum atomic E-state index is -0.265. The Morgan fingerprint density at radius 2 is 1.64 bits per heavy atom. The van der Waals surface area contributed by atoms with Crippen LogP contribution in [-0.2, 0) is 4.79 Å². The molecule has 0 spiro atoms. The molecule has 136 valence electrons. The zero-order valence-electron chi connectivity index (χ0n) is 16.0. The molecule has 0 aliphatic heterocycles. The van der Waals surface area contributed by atoms with Crippen LogP contribution >= 0.6 is 11.8 Å². The van der Waals surface area contributed by atoms with Crippen LogP contribution < -0.4 is 0 Å². The summed E-state index contributed by atoms with van der Waals surface area (Å²) in [6.45, 7) is 14.1. The third kappa shape index (κ3) is 4.21. The second kappa shape index (κ2) is 7.99. The SMILES string of the molecule is Cc1cccc(C)c1-n1nnnc1SC(C)C(=O)N(C(C)C)C(C)C. The Hall–Kier alpha value is -1.89. The van der Waals surface area contributed by atoms with Crippen molar-refractivity contribution in [3.05, 3.63) is 29.3 Å². The summed E-state index contributed by atoms with van der Waals surface area (Å²) < 4.78 is 1.73. The van der Waals surface area contributed by atoms with Gasteiger partial charge in [-0.15, -0.1) is 5.10 Å². The standard InChI is InChI=1S/C18H27N5OS/c1-11(2)22(12(3)4)17(24)15(7)25-18-19-20-21-23(18)16-13(5)9-8-10-14(16)6/h8-12,15H,1-7H3. The highest BCUT2D eigenvalue weighted by Gasteiger charge is 2.27. The number of carbonyl (C=O) groups is 1. The van der Waals surface area contributed by atoms with Gasteiger partial charge in [-0.1, -0.05) is 30.0 Å². The number of carbonyl (C=O) groups excluding carboxylic acids is 1. The molecule has 1 aromatic heterocycles. The molecule has 2 aromatic rings. The van der Waals surface area contributed by atoms with E-state index in [1.165, 1.54) is 11.8 Å². The molecular formula is C18H27N5OS. The van der Waals surface area contributed by atoms with Gasteiger partial charge in [0.05, 0.1) is 10.9 Å². The Kier molecular flexibility index (Phi) is 6.21. The second-order valence-corrected chi connectivity index (χ2v) is 8.11. The van der Waals surface area contributed by atoms with Gasteiger partial charge in [0.25, 0.3) is 0 Å². The average molecular weight is 362 g/mol. The molecule has 7 heteroatoms. The molecule has 0 bridgehead atoms. The Labute approximate surface area is 154 Å². The molecule has 2 rings (SSSR count). The largest absolute Gasteiger partial charge is 0.337 e. The number of amides is 1. The first-order chi connectivity index (χ1) is 11.7. The van der Waals surface area contributed by atoms with Crippen LogP contribution in [0.15, 0.2) is 23.4 Å². The third-order valence-electron chi connectivity index (χ3n) is 4.09. The van der Waals surface area contributed by atoms with Crippen molar-refractivity contribution in [3.63, 3.8) is 0 Å². The normalized spacial score (nSPS) is 12.7. The Morgan fingerprint density at radius 1 is 1.08 bits per heavy atom. The predicted octanol–water partition coefficient (Wildman–Crippen LogP) is 3.41. The van der Waals surface area contributed by atoms with Crippen molar-refractivity contribution in [2.75, 3.05) is 0 Å². The molecule has 0 saturated carbocycles. The molecule has 1 aromatic carbocycles. The van der Waals surface area contributed by atoms with Gasteiger partial charge < -0.3 is 4.90 Å². The highest BCUT2D eigenvalue weighted by atomic mass is 32.2. The quantitative estimate of drug-likeness (QED) is 0.738. The van der Waals surface area contributed by atoms with Crippen LogP contribution in [-0.4, -0.2) is 48.3 Å². The first-order valence-corrected chi connectivity index (χ1v) is 9.45. The van der Waals surface area contributed by atoms with Crippen molar-refractivity contribution in [1.29, 1.82) is 0 Å². The van der Waals surface area contributed by atoms with Gasteiger partial charge in [0.15, 0.2) is 0 Å². The minimum Gasteiger partial charge on any atom is -0.337 e. The molecule has 0 saturated heterocycles. The van der Waals surface area contributed by atoms with Crippen molar-refractivity contribution < 1.29 is 4.79 Å². The van der Waals surface area contributed by atoms with E-state index in [9.17, 15) is 4.79 Å². The van der Waals surface area contributed by atoms with Gasteiger partial charge in [0.1, 0.15) is 0 Å². The lowest BCUT2D eigenvalue weighted by atomic mass is 10.1. The second-order valence-electron chi connectivity index (χ2n) is 6.81. The lowest BCUT2D eigenvalue weighted by Crippen LogP contribution is -2.45. The monoisotopic (exact) mass is 361 g/mol. The van der Waals surface area contributed by atoms with E-state index in [0.717, 1.165) is 16.8 Å². The summed E-state index contributed by atoms with van der Waals surface area (Å²) >= 11 is 1.40. The molecule has 1 unspecified atom stereocenters. The van der Waals surface area contributed by atoms with E-state index in [0.29, 0.717) is 5.16 Å². The highest BCUT2D eigenvalue weighted by molar-refractivity contribution is 8.00. The summed E-state index contributed by atoms with van der Waals surface area (Å²) in [4.78, 5) is 14.8. The third-order valence-corrected chi connectivity index (χ3v) is 5.11. The molecule has 1 heterocycles. The maximum atomic E-state index is 12.9. The molecule has 0 aliphatic carbocycles. The van der Waals surface area contributed by atoms with Gasteiger partial charge >= 0.3 is 0 Å². The number of tetrazole rings is 1. The number of aryl methyl sites for hydroxylation is 2. The number of benzene rings is 1. The van der Waals surface area contributed by atoms with E-state index < -0.39 is 0 Å². The summed E-state index contributed by atoms with van der Waals surface area (Å²) in [5, 5.41) is 12.5. The first kappa shape index (κ1) is 19.4. The van der Waals surface area contributed by atoms with Crippen molar-refractivity contribution in [2.24, 2.45) is 0 Å². The molecule has 1 amide bonds. The van der Waals surface area contributed by atoms with Gasteiger partial charge in [0, 0.05) is 12.1 Å². The Balaban J connectivity index is 2.28. The van der Waals surface area contributed by atoms with Gasteiger partial charge in [-0.3, -0.25) is 4.79 Å². The number of aromatic nitrogens is 4. The summed E-state index contributed by atoms with van der Waals surface area (Å²) in [6.07, 6.45) is 0. The predicted molar refractivity (Wildman–Crippen MR) is 101 cm³/mol. The van der Waals surface area contributed by atoms with Crippen LogP contribution in [0.3, 0.4) is 0 Å².